The third-order valence-corrected chi connectivity index (χ3v) is 7.52. The van der Waals surface area contributed by atoms with Crippen LogP contribution >= 0.6 is 11.3 Å². The Hall–Kier alpha value is -2.23. The Balaban J connectivity index is 1.67. The van der Waals surface area contributed by atoms with Crippen molar-refractivity contribution in [2.75, 3.05) is 18.4 Å². The van der Waals surface area contributed by atoms with E-state index < -0.39 is 21.8 Å². The van der Waals surface area contributed by atoms with Gasteiger partial charge < -0.3 is 11.1 Å². The third kappa shape index (κ3) is 3.95. The number of rotatable bonds is 5. The van der Waals surface area contributed by atoms with Gasteiger partial charge in [0.2, 0.25) is 11.8 Å². The second-order valence-electron chi connectivity index (χ2n) is 6.07. The van der Waals surface area contributed by atoms with E-state index in [0.717, 1.165) is 0 Å². The molecule has 2 heterocycles. The average molecular weight is 393 g/mol. The highest BCUT2D eigenvalue weighted by molar-refractivity contribution is 7.91. The summed E-state index contributed by atoms with van der Waals surface area (Å²) >= 11 is 1.17. The number of carbonyl (C=O) groups excluding carboxylic acids is 2. The fourth-order valence-electron chi connectivity index (χ4n) is 2.87. The zero-order valence-corrected chi connectivity index (χ0v) is 15.6. The Morgan fingerprint density at radius 1 is 1.19 bits per heavy atom. The summed E-state index contributed by atoms with van der Waals surface area (Å²) in [5.41, 5.74) is 6.09. The van der Waals surface area contributed by atoms with Crippen molar-refractivity contribution in [3.8, 4) is 0 Å². The number of carbonyl (C=O) groups is 2. The van der Waals surface area contributed by atoms with E-state index in [0.29, 0.717) is 34.8 Å². The number of nitrogens with two attached hydrogens (primary N) is 1. The van der Waals surface area contributed by atoms with Gasteiger partial charge in [0.25, 0.3) is 10.0 Å². The molecule has 1 saturated heterocycles. The van der Waals surface area contributed by atoms with Crippen LogP contribution in [0.5, 0.6) is 0 Å². The van der Waals surface area contributed by atoms with E-state index in [1.807, 2.05) is 0 Å². The van der Waals surface area contributed by atoms with E-state index in [9.17, 15) is 18.0 Å². The van der Waals surface area contributed by atoms with Gasteiger partial charge in [0.05, 0.1) is 5.92 Å². The fraction of sp³-hybridized carbons (Fsp3) is 0.294. The summed E-state index contributed by atoms with van der Waals surface area (Å²) < 4.78 is 26.9. The number of nitrogens with one attached hydrogen (secondary N) is 1. The molecule has 1 aliphatic rings. The van der Waals surface area contributed by atoms with Gasteiger partial charge >= 0.3 is 0 Å². The van der Waals surface area contributed by atoms with Crippen LogP contribution in [-0.4, -0.2) is 37.6 Å². The van der Waals surface area contributed by atoms with Crippen LogP contribution < -0.4 is 11.1 Å². The monoisotopic (exact) mass is 393 g/mol. The van der Waals surface area contributed by atoms with Gasteiger partial charge in [-0.25, -0.2) is 8.42 Å². The van der Waals surface area contributed by atoms with Gasteiger partial charge in [-0.2, -0.15) is 4.31 Å². The van der Waals surface area contributed by atoms with Crippen LogP contribution in [0.15, 0.2) is 46.0 Å². The summed E-state index contributed by atoms with van der Waals surface area (Å²) in [6.45, 7) is 0.572. The molecule has 9 heteroatoms. The highest BCUT2D eigenvalue weighted by Crippen LogP contribution is 2.27. The SMILES string of the molecule is NC(=O)c1ccc(NC(=O)C2CCCN(S(=O)(=O)c3cccs3)C2)cc1. The van der Waals surface area contributed by atoms with Crippen molar-refractivity contribution in [1.29, 1.82) is 0 Å². The fourth-order valence-corrected chi connectivity index (χ4v) is 5.54. The summed E-state index contributed by atoms with van der Waals surface area (Å²) in [7, 11) is -3.55. The van der Waals surface area contributed by atoms with Crippen LogP contribution in [0.1, 0.15) is 23.2 Å². The van der Waals surface area contributed by atoms with Gasteiger partial charge in [-0.15, -0.1) is 11.3 Å². The van der Waals surface area contributed by atoms with E-state index in [1.54, 1.807) is 29.6 Å². The molecule has 0 bridgehead atoms. The number of nitrogens with zero attached hydrogens (tertiary/aromatic N) is 1. The Bertz CT molecular complexity index is 893. The minimum atomic E-state index is -3.55. The van der Waals surface area contributed by atoms with Gasteiger partial charge in [-0.3, -0.25) is 9.59 Å². The first-order valence-electron chi connectivity index (χ1n) is 8.12. The van der Waals surface area contributed by atoms with Crippen molar-refractivity contribution in [3.05, 3.63) is 47.3 Å². The molecule has 2 aromatic rings. The first-order chi connectivity index (χ1) is 12.4. The Kier molecular flexibility index (Phi) is 5.40. The number of amides is 2. The minimum absolute atomic E-state index is 0.158. The maximum Gasteiger partial charge on any atom is 0.252 e. The van der Waals surface area contributed by atoms with Crippen LogP contribution in [-0.2, 0) is 14.8 Å². The summed E-state index contributed by atoms with van der Waals surface area (Å²) in [5, 5.41) is 4.49. The van der Waals surface area contributed by atoms with Gasteiger partial charge in [-0.05, 0) is 48.6 Å². The zero-order chi connectivity index (χ0) is 18.7. The van der Waals surface area contributed by atoms with Crippen LogP contribution in [0.3, 0.4) is 0 Å². The van der Waals surface area contributed by atoms with Crippen molar-refractivity contribution in [3.63, 3.8) is 0 Å². The third-order valence-electron chi connectivity index (χ3n) is 4.28. The molecule has 7 nitrogen and oxygen atoms in total. The Labute approximate surface area is 155 Å². The summed E-state index contributed by atoms with van der Waals surface area (Å²) in [5.74, 6) is -1.19. The van der Waals surface area contributed by atoms with Crippen molar-refractivity contribution in [2.24, 2.45) is 11.7 Å². The van der Waals surface area contributed by atoms with Crippen molar-refractivity contribution >= 4 is 38.9 Å². The molecule has 0 radical (unpaired) electrons. The van der Waals surface area contributed by atoms with Gasteiger partial charge in [0, 0.05) is 24.3 Å². The molecular weight excluding hydrogens is 374 g/mol. The number of anilines is 1. The molecule has 1 unspecified atom stereocenters. The van der Waals surface area contributed by atoms with Crippen LogP contribution in [0.25, 0.3) is 0 Å². The normalized spacial score (nSPS) is 18.4. The van der Waals surface area contributed by atoms with Gasteiger partial charge in [0.1, 0.15) is 4.21 Å². The molecule has 1 aliphatic heterocycles. The molecule has 138 valence electrons. The Morgan fingerprint density at radius 2 is 1.92 bits per heavy atom. The van der Waals surface area contributed by atoms with E-state index in [4.69, 9.17) is 5.73 Å². The van der Waals surface area contributed by atoms with Crippen molar-refractivity contribution in [2.45, 2.75) is 17.1 Å². The van der Waals surface area contributed by atoms with Crippen LogP contribution in [0.2, 0.25) is 0 Å². The first kappa shape index (κ1) is 18.6. The van der Waals surface area contributed by atoms with Crippen LogP contribution in [0, 0.1) is 5.92 Å². The molecule has 1 aromatic carbocycles. The number of thiophene rings is 1. The smallest absolute Gasteiger partial charge is 0.252 e. The molecule has 26 heavy (non-hydrogen) atoms. The molecule has 3 rings (SSSR count). The molecule has 0 saturated carbocycles. The lowest BCUT2D eigenvalue weighted by molar-refractivity contribution is -0.120. The molecule has 1 atom stereocenters. The standard InChI is InChI=1S/C17H19N3O4S2/c18-16(21)12-5-7-14(8-6-12)19-17(22)13-3-1-9-20(11-13)26(23,24)15-4-2-10-25-15/h2,4-8,10,13H,1,3,9,11H2,(H2,18,21)(H,19,22). The number of hydrogen-bond donors (Lipinski definition) is 2. The lowest BCUT2D eigenvalue weighted by atomic mass is 9.98. The topological polar surface area (TPSA) is 110 Å². The molecule has 3 N–H and O–H groups in total. The lowest BCUT2D eigenvalue weighted by Crippen LogP contribution is -2.43. The summed E-state index contributed by atoms with van der Waals surface area (Å²) in [6.07, 6.45) is 1.25. The van der Waals surface area contributed by atoms with Crippen LogP contribution in [0.4, 0.5) is 5.69 Å². The van der Waals surface area contributed by atoms with E-state index in [2.05, 4.69) is 5.32 Å². The maximum atomic E-state index is 12.6. The largest absolute Gasteiger partial charge is 0.366 e. The minimum Gasteiger partial charge on any atom is -0.366 e. The molecule has 0 spiro atoms. The number of piperidine rings is 1. The molecule has 1 aromatic heterocycles. The van der Waals surface area contributed by atoms with Crippen molar-refractivity contribution < 1.29 is 18.0 Å². The summed E-state index contributed by atoms with van der Waals surface area (Å²) in [4.78, 5) is 23.6. The second-order valence-corrected chi connectivity index (χ2v) is 9.18. The number of benzene rings is 1. The predicted octanol–water partition coefficient (Wildman–Crippen LogP) is 1.89. The highest BCUT2D eigenvalue weighted by Gasteiger charge is 2.33. The van der Waals surface area contributed by atoms with E-state index in [-0.39, 0.29) is 12.5 Å². The van der Waals surface area contributed by atoms with E-state index >= 15 is 0 Å². The Morgan fingerprint density at radius 3 is 2.54 bits per heavy atom. The number of primary amides is 1. The van der Waals surface area contributed by atoms with Gasteiger partial charge in [-0.1, -0.05) is 6.07 Å². The molecule has 1 fully saturated rings. The highest BCUT2D eigenvalue weighted by atomic mass is 32.2. The number of sulfonamides is 1. The second kappa shape index (κ2) is 7.56. The average Bonchev–Trinajstić information content (AvgIpc) is 3.18. The maximum absolute atomic E-state index is 12.6. The zero-order valence-electron chi connectivity index (χ0n) is 13.9. The number of hydrogen-bond acceptors (Lipinski definition) is 5. The molecule has 0 aliphatic carbocycles. The first-order valence-corrected chi connectivity index (χ1v) is 10.4. The molecular formula is C17H19N3O4S2. The predicted molar refractivity (Wildman–Crippen MR) is 99.4 cm³/mol. The quantitative estimate of drug-likeness (QED) is 0.808. The van der Waals surface area contributed by atoms with Crippen molar-refractivity contribution in [1.82, 2.24) is 4.31 Å². The van der Waals surface area contributed by atoms with Gasteiger partial charge in [0.15, 0.2) is 0 Å². The lowest BCUT2D eigenvalue weighted by Gasteiger charge is -2.30. The van der Waals surface area contributed by atoms with E-state index in [1.165, 1.54) is 27.8 Å². The summed E-state index contributed by atoms with van der Waals surface area (Å²) in [6, 6.07) is 9.53. The molecule has 2 amide bonds.